The molecule has 1 aliphatic heterocycles. The number of fused-ring (bicyclic) bond motifs is 1. The van der Waals surface area contributed by atoms with Crippen molar-refractivity contribution in [1.29, 1.82) is 0 Å². The molecule has 0 unspecified atom stereocenters. The summed E-state index contributed by atoms with van der Waals surface area (Å²) in [5, 5.41) is 12.4. The second-order valence-corrected chi connectivity index (χ2v) is 8.21. The number of aromatic nitrogens is 5. The largest absolute Gasteiger partial charge is 0.478 e. The van der Waals surface area contributed by atoms with Crippen LogP contribution < -0.4 is 10.1 Å². The molecule has 4 heterocycles. The minimum Gasteiger partial charge on any atom is -0.478 e. The van der Waals surface area contributed by atoms with E-state index in [2.05, 4.69) is 35.1 Å². The van der Waals surface area contributed by atoms with E-state index in [1.54, 1.807) is 6.20 Å². The maximum Gasteiger partial charge on any atom is 0.407 e. The summed E-state index contributed by atoms with van der Waals surface area (Å²) in [6.45, 7) is 5.66. The first-order chi connectivity index (χ1) is 17.1. The van der Waals surface area contributed by atoms with Crippen molar-refractivity contribution in [2.75, 3.05) is 38.1 Å². The first kappa shape index (κ1) is 22.5. The molecule has 1 fully saturated rings. The second-order valence-electron chi connectivity index (χ2n) is 8.21. The normalized spacial score (nSPS) is 14.3. The number of piperazine rings is 1. The molecule has 1 amide bonds. The van der Waals surface area contributed by atoms with Gasteiger partial charge in [0.15, 0.2) is 0 Å². The van der Waals surface area contributed by atoms with Crippen LogP contribution in [0.4, 0.5) is 16.6 Å². The summed E-state index contributed by atoms with van der Waals surface area (Å²) in [6, 6.07) is 11.7. The molecule has 0 aliphatic carbocycles. The number of pyridine rings is 1. The molecule has 11 nitrogen and oxygen atoms in total. The van der Waals surface area contributed by atoms with E-state index in [0.717, 1.165) is 34.4 Å². The van der Waals surface area contributed by atoms with Crippen LogP contribution in [0, 0.1) is 0 Å². The molecule has 3 N–H and O–H groups in total. The standard InChI is InChI=1S/C24H26N8O3/c1-2-35-22-13-19(26-15-27-22)17-3-4-18-20(12-17)29-23(28-18)30-21-11-16(5-6-25-21)14-31-7-9-32(10-8-31)24(33)34/h3-6,11-13,15H,2,7-10,14H2,1H3,(H,33,34)(H2,25,28,29,30). The zero-order valence-electron chi connectivity index (χ0n) is 19.3. The van der Waals surface area contributed by atoms with Crippen molar-refractivity contribution in [2.24, 2.45) is 0 Å². The van der Waals surface area contributed by atoms with Gasteiger partial charge in [0, 0.05) is 50.6 Å². The lowest BCUT2D eigenvalue weighted by Gasteiger charge is -2.33. The van der Waals surface area contributed by atoms with Gasteiger partial charge >= 0.3 is 6.09 Å². The highest BCUT2D eigenvalue weighted by Crippen LogP contribution is 2.25. The summed E-state index contributed by atoms with van der Waals surface area (Å²) < 4.78 is 5.48. The Hall–Kier alpha value is -4.25. The maximum absolute atomic E-state index is 11.1. The third kappa shape index (κ3) is 5.30. The first-order valence-corrected chi connectivity index (χ1v) is 11.4. The summed E-state index contributed by atoms with van der Waals surface area (Å²) in [5.41, 5.74) is 4.49. The Morgan fingerprint density at radius 2 is 1.97 bits per heavy atom. The molecule has 1 aromatic carbocycles. The Labute approximate surface area is 201 Å². The van der Waals surface area contributed by atoms with E-state index < -0.39 is 6.09 Å². The van der Waals surface area contributed by atoms with Gasteiger partial charge in [0.05, 0.1) is 23.3 Å². The number of benzene rings is 1. The van der Waals surface area contributed by atoms with E-state index in [9.17, 15) is 4.79 Å². The van der Waals surface area contributed by atoms with Gasteiger partial charge in [-0.3, -0.25) is 4.90 Å². The molecule has 4 aromatic rings. The quantitative estimate of drug-likeness (QED) is 0.369. The highest BCUT2D eigenvalue weighted by atomic mass is 16.5. The number of nitrogens with zero attached hydrogens (tertiary/aromatic N) is 6. The van der Waals surface area contributed by atoms with Crippen LogP contribution in [0.2, 0.25) is 0 Å². The number of anilines is 2. The summed E-state index contributed by atoms with van der Waals surface area (Å²) in [6.07, 6.45) is 2.40. The van der Waals surface area contributed by atoms with E-state index in [-0.39, 0.29) is 0 Å². The number of ether oxygens (including phenoxy) is 1. The van der Waals surface area contributed by atoms with Crippen LogP contribution >= 0.6 is 0 Å². The van der Waals surface area contributed by atoms with Gasteiger partial charge in [-0.15, -0.1) is 0 Å². The third-order valence-electron chi connectivity index (χ3n) is 5.83. The lowest BCUT2D eigenvalue weighted by Crippen LogP contribution is -2.47. The van der Waals surface area contributed by atoms with Gasteiger partial charge in [-0.25, -0.2) is 24.7 Å². The van der Waals surface area contributed by atoms with Crippen LogP contribution in [0.1, 0.15) is 12.5 Å². The van der Waals surface area contributed by atoms with Crippen molar-refractivity contribution in [2.45, 2.75) is 13.5 Å². The number of hydrogen-bond acceptors (Lipinski definition) is 8. The number of hydrogen-bond donors (Lipinski definition) is 3. The smallest absolute Gasteiger partial charge is 0.407 e. The molecule has 1 aliphatic rings. The highest BCUT2D eigenvalue weighted by Gasteiger charge is 2.20. The average molecular weight is 475 g/mol. The molecule has 0 bridgehead atoms. The summed E-state index contributed by atoms with van der Waals surface area (Å²) in [4.78, 5) is 35.6. The van der Waals surface area contributed by atoms with Crippen LogP contribution in [0.3, 0.4) is 0 Å². The summed E-state index contributed by atoms with van der Waals surface area (Å²) >= 11 is 0. The first-order valence-electron chi connectivity index (χ1n) is 11.4. The molecule has 5 rings (SSSR count). The van der Waals surface area contributed by atoms with Gasteiger partial charge in [0.25, 0.3) is 0 Å². The highest BCUT2D eigenvalue weighted by molar-refractivity contribution is 5.83. The van der Waals surface area contributed by atoms with Crippen LogP contribution in [0.25, 0.3) is 22.3 Å². The van der Waals surface area contributed by atoms with Gasteiger partial charge < -0.3 is 25.0 Å². The zero-order valence-corrected chi connectivity index (χ0v) is 19.3. The fraction of sp³-hybridized carbons (Fsp3) is 0.292. The average Bonchev–Trinajstić information content (AvgIpc) is 3.26. The SMILES string of the molecule is CCOc1cc(-c2ccc3nc(Nc4cc(CN5CCN(C(=O)O)CC5)ccn4)[nH]c3c2)ncn1. The monoisotopic (exact) mass is 474 g/mol. The van der Waals surface area contributed by atoms with Gasteiger partial charge in [0.2, 0.25) is 11.8 Å². The van der Waals surface area contributed by atoms with Crippen LogP contribution in [-0.2, 0) is 6.54 Å². The lowest BCUT2D eigenvalue weighted by molar-refractivity contribution is 0.103. The zero-order chi connectivity index (χ0) is 24.2. The van der Waals surface area contributed by atoms with Crippen molar-refractivity contribution in [3.05, 3.63) is 54.5 Å². The van der Waals surface area contributed by atoms with E-state index in [1.165, 1.54) is 11.2 Å². The number of carbonyl (C=O) groups is 1. The fourth-order valence-corrected chi connectivity index (χ4v) is 4.07. The summed E-state index contributed by atoms with van der Waals surface area (Å²) in [5.74, 6) is 1.82. The molecule has 1 saturated heterocycles. The van der Waals surface area contributed by atoms with Crippen molar-refractivity contribution < 1.29 is 14.6 Å². The number of H-pyrrole nitrogens is 1. The van der Waals surface area contributed by atoms with E-state index in [1.807, 2.05) is 43.3 Å². The van der Waals surface area contributed by atoms with Gasteiger partial charge in [-0.2, -0.15) is 0 Å². The van der Waals surface area contributed by atoms with Crippen LogP contribution in [0.5, 0.6) is 5.88 Å². The van der Waals surface area contributed by atoms with Crippen molar-refractivity contribution in [3.63, 3.8) is 0 Å². The van der Waals surface area contributed by atoms with Gasteiger partial charge in [-0.1, -0.05) is 6.07 Å². The van der Waals surface area contributed by atoms with E-state index in [4.69, 9.17) is 9.84 Å². The van der Waals surface area contributed by atoms with E-state index >= 15 is 0 Å². The van der Waals surface area contributed by atoms with Crippen LogP contribution in [0.15, 0.2) is 48.9 Å². The minimum atomic E-state index is -0.856. The number of aromatic amines is 1. The van der Waals surface area contributed by atoms with Crippen molar-refractivity contribution >= 4 is 28.9 Å². The fourth-order valence-electron chi connectivity index (χ4n) is 4.07. The molecular weight excluding hydrogens is 448 g/mol. The molecule has 0 spiro atoms. The maximum atomic E-state index is 11.1. The number of rotatable bonds is 7. The van der Waals surface area contributed by atoms with E-state index in [0.29, 0.717) is 50.4 Å². The summed E-state index contributed by atoms with van der Waals surface area (Å²) in [7, 11) is 0. The Bertz CT molecular complexity index is 1330. The molecule has 0 radical (unpaired) electrons. The number of nitrogens with one attached hydrogen (secondary N) is 2. The molecule has 0 saturated carbocycles. The Morgan fingerprint density at radius 3 is 2.77 bits per heavy atom. The molecule has 11 heteroatoms. The number of carboxylic acid groups (broad SMARTS) is 1. The molecule has 35 heavy (non-hydrogen) atoms. The predicted octanol–water partition coefficient (Wildman–Crippen LogP) is 3.35. The van der Waals surface area contributed by atoms with Gasteiger partial charge in [-0.05, 0) is 36.8 Å². The minimum absolute atomic E-state index is 0.522. The van der Waals surface area contributed by atoms with Gasteiger partial charge in [0.1, 0.15) is 12.1 Å². The molecule has 3 aromatic heterocycles. The third-order valence-corrected chi connectivity index (χ3v) is 5.83. The number of amides is 1. The van der Waals surface area contributed by atoms with Crippen LogP contribution in [-0.4, -0.2) is 78.7 Å². The topological polar surface area (TPSA) is 132 Å². The Kier molecular flexibility index (Phi) is 6.40. The Balaban J connectivity index is 1.28. The lowest BCUT2D eigenvalue weighted by atomic mass is 10.1. The van der Waals surface area contributed by atoms with Crippen molar-refractivity contribution in [1.82, 2.24) is 34.7 Å². The second kappa shape index (κ2) is 9.94. The van der Waals surface area contributed by atoms with Crippen molar-refractivity contribution in [3.8, 4) is 17.1 Å². The number of imidazole rings is 1. The molecule has 0 atom stereocenters. The molecular formula is C24H26N8O3. The predicted molar refractivity (Wildman–Crippen MR) is 131 cm³/mol. The Morgan fingerprint density at radius 1 is 1.11 bits per heavy atom. The molecule has 180 valence electrons.